The van der Waals surface area contributed by atoms with Gasteiger partial charge in [-0.05, 0) is 82.9 Å². The molecule has 0 saturated carbocycles. The normalized spacial score (nSPS) is 11.8. The van der Waals surface area contributed by atoms with Crippen molar-refractivity contribution in [1.29, 1.82) is 0 Å². The lowest BCUT2D eigenvalue weighted by Gasteiger charge is -2.26. The summed E-state index contributed by atoms with van der Waals surface area (Å²) in [7, 11) is 0. The van der Waals surface area contributed by atoms with Crippen molar-refractivity contribution in [3.05, 3.63) is 206 Å². The molecule has 0 aliphatic heterocycles. The zero-order valence-electron chi connectivity index (χ0n) is 31.3. The molecule has 4 heteroatoms. The van der Waals surface area contributed by atoms with Gasteiger partial charge in [0.25, 0.3) is 0 Å². The second-order valence-corrected chi connectivity index (χ2v) is 15.9. The second kappa shape index (κ2) is 13.1. The average Bonchev–Trinajstić information content (AvgIpc) is 3.97. The fourth-order valence-electron chi connectivity index (χ4n) is 8.92. The monoisotopic (exact) mass is 758 g/mol. The Morgan fingerprint density at radius 3 is 1.72 bits per heavy atom. The molecule has 272 valence electrons. The predicted molar refractivity (Wildman–Crippen MR) is 247 cm³/mol. The lowest BCUT2D eigenvalue weighted by molar-refractivity contribution is 0.669. The number of hydrogen-bond acceptors (Lipinski definition) is 3. The number of thiophene rings is 1. The molecule has 0 aliphatic rings. The quantitative estimate of drug-likeness (QED) is 0.168. The van der Waals surface area contributed by atoms with E-state index in [1.807, 2.05) is 11.3 Å². The molecule has 3 heterocycles. The Bertz CT molecular complexity index is 3450. The summed E-state index contributed by atoms with van der Waals surface area (Å²) in [6.07, 6.45) is 0. The number of para-hydroxylation sites is 2. The fraction of sp³-hybridized carbons (Fsp3) is 0. The molecule has 9 aromatic carbocycles. The highest BCUT2D eigenvalue weighted by molar-refractivity contribution is 7.27. The van der Waals surface area contributed by atoms with Gasteiger partial charge in [-0.25, -0.2) is 0 Å². The lowest BCUT2D eigenvalue weighted by Crippen LogP contribution is -2.10. The third kappa shape index (κ3) is 5.12. The molecule has 12 aromatic rings. The Labute approximate surface area is 338 Å². The summed E-state index contributed by atoms with van der Waals surface area (Å²) in [5.74, 6) is 0. The maximum Gasteiger partial charge on any atom is 0.137 e. The number of fused-ring (bicyclic) bond motifs is 9. The minimum Gasteiger partial charge on any atom is -0.456 e. The van der Waals surface area contributed by atoms with E-state index in [1.165, 1.54) is 64.2 Å². The summed E-state index contributed by atoms with van der Waals surface area (Å²) in [4.78, 5) is 2.39. The van der Waals surface area contributed by atoms with Gasteiger partial charge in [-0.3, -0.25) is 0 Å². The third-order valence-electron chi connectivity index (χ3n) is 11.6. The Morgan fingerprint density at radius 2 is 0.983 bits per heavy atom. The molecule has 0 unspecified atom stereocenters. The number of aromatic nitrogens is 1. The molecule has 0 spiro atoms. The second-order valence-electron chi connectivity index (χ2n) is 14.9. The van der Waals surface area contributed by atoms with Crippen LogP contribution in [-0.4, -0.2) is 4.57 Å². The molecular formula is C54H34N2OS. The first-order valence-corrected chi connectivity index (χ1v) is 20.5. The van der Waals surface area contributed by atoms with Gasteiger partial charge in [-0.15, -0.1) is 11.3 Å². The molecule has 3 aromatic heterocycles. The van der Waals surface area contributed by atoms with Crippen LogP contribution in [0.3, 0.4) is 0 Å². The van der Waals surface area contributed by atoms with Crippen molar-refractivity contribution >= 4 is 92.3 Å². The van der Waals surface area contributed by atoms with Crippen molar-refractivity contribution < 1.29 is 4.42 Å². The molecule has 0 atom stereocenters. The highest BCUT2D eigenvalue weighted by Gasteiger charge is 2.21. The first kappa shape index (κ1) is 32.8. The van der Waals surface area contributed by atoms with Gasteiger partial charge in [0, 0.05) is 60.1 Å². The molecule has 0 fully saturated rings. The first-order valence-electron chi connectivity index (χ1n) is 19.7. The Kier molecular flexibility index (Phi) is 7.40. The van der Waals surface area contributed by atoms with Crippen molar-refractivity contribution in [2.24, 2.45) is 0 Å². The van der Waals surface area contributed by atoms with Crippen LogP contribution in [-0.2, 0) is 0 Å². The van der Waals surface area contributed by atoms with Crippen LogP contribution in [0.5, 0.6) is 0 Å². The topological polar surface area (TPSA) is 21.3 Å². The molecule has 0 N–H and O–H groups in total. The van der Waals surface area contributed by atoms with Crippen LogP contribution in [0.15, 0.2) is 211 Å². The summed E-state index contributed by atoms with van der Waals surface area (Å²) >= 11 is 1.87. The summed E-state index contributed by atoms with van der Waals surface area (Å²) in [6.45, 7) is 0. The van der Waals surface area contributed by atoms with Crippen LogP contribution < -0.4 is 4.90 Å². The highest BCUT2D eigenvalue weighted by atomic mass is 32.1. The van der Waals surface area contributed by atoms with Crippen molar-refractivity contribution in [2.45, 2.75) is 0 Å². The number of rotatable bonds is 6. The van der Waals surface area contributed by atoms with Gasteiger partial charge in [-0.2, -0.15) is 0 Å². The van der Waals surface area contributed by atoms with Gasteiger partial charge in [0.15, 0.2) is 0 Å². The van der Waals surface area contributed by atoms with Crippen LogP contribution in [0.2, 0.25) is 0 Å². The van der Waals surface area contributed by atoms with Gasteiger partial charge in [0.05, 0.1) is 21.4 Å². The maximum atomic E-state index is 6.71. The fourth-order valence-corrected chi connectivity index (χ4v) is 10.3. The van der Waals surface area contributed by atoms with E-state index in [0.29, 0.717) is 0 Å². The van der Waals surface area contributed by atoms with E-state index in [0.717, 1.165) is 44.7 Å². The van der Waals surface area contributed by atoms with Crippen molar-refractivity contribution in [3.63, 3.8) is 0 Å². The molecule has 0 bridgehead atoms. The highest BCUT2D eigenvalue weighted by Crippen LogP contribution is 2.48. The van der Waals surface area contributed by atoms with Gasteiger partial charge in [-0.1, -0.05) is 140 Å². The van der Waals surface area contributed by atoms with E-state index >= 15 is 0 Å². The van der Waals surface area contributed by atoms with Crippen molar-refractivity contribution in [3.8, 4) is 27.9 Å². The van der Waals surface area contributed by atoms with Crippen LogP contribution in [0.1, 0.15) is 0 Å². The first-order chi connectivity index (χ1) is 28.8. The summed E-state index contributed by atoms with van der Waals surface area (Å²) in [6, 6.07) is 74.2. The molecule has 3 nitrogen and oxygen atoms in total. The molecule has 12 rings (SSSR count). The predicted octanol–water partition coefficient (Wildman–Crippen LogP) is 15.9. The van der Waals surface area contributed by atoms with Crippen LogP contribution in [0.4, 0.5) is 17.1 Å². The minimum atomic E-state index is 0.854. The number of anilines is 3. The molecule has 0 saturated heterocycles. The van der Waals surface area contributed by atoms with Gasteiger partial charge in [0.1, 0.15) is 11.2 Å². The van der Waals surface area contributed by atoms with E-state index in [1.54, 1.807) is 0 Å². The molecule has 0 aliphatic carbocycles. The van der Waals surface area contributed by atoms with Crippen LogP contribution in [0, 0.1) is 0 Å². The smallest absolute Gasteiger partial charge is 0.137 e. The third-order valence-corrected chi connectivity index (χ3v) is 12.9. The summed E-state index contributed by atoms with van der Waals surface area (Å²) < 4.78 is 11.6. The van der Waals surface area contributed by atoms with E-state index in [9.17, 15) is 0 Å². The number of nitrogens with zero attached hydrogens (tertiary/aromatic N) is 2. The van der Waals surface area contributed by atoms with Crippen molar-refractivity contribution in [1.82, 2.24) is 4.57 Å². The zero-order valence-corrected chi connectivity index (χ0v) is 32.2. The number of hydrogen-bond donors (Lipinski definition) is 0. The number of furan rings is 1. The molecular weight excluding hydrogens is 725 g/mol. The van der Waals surface area contributed by atoms with Gasteiger partial charge < -0.3 is 13.9 Å². The van der Waals surface area contributed by atoms with E-state index in [-0.39, 0.29) is 0 Å². The SMILES string of the molecule is c1ccc(-c2ccc(N(c3ccc4c(c3)oc3ccc(-n5c6ccccc6c6ccccc65)cc34)c3cccc4c3sc3c(-c5ccccc5)cccc34)cc2)cc1. The summed E-state index contributed by atoms with van der Waals surface area (Å²) in [5.41, 5.74) is 13.3. The van der Waals surface area contributed by atoms with E-state index < -0.39 is 0 Å². The molecule has 58 heavy (non-hydrogen) atoms. The van der Waals surface area contributed by atoms with Gasteiger partial charge in [0.2, 0.25) is 0 Å². The Morgan fingerprint density at radius 1 is 0.379 bits per heavy atom. The Hall–Kier alpha value is -7.40. The molecule has 0 amide bonds. The largest absolute Gasteiger partial charge is 0.456 e. The average molecular weight is 759 g/mol. The summed E-state index contributed by atoms with van der Waals surface area (Å²) in [5, 5.41) is 7.22. The standard InChI is InChI=1S/C54H34N2OS/c1-3-13-35(14-4-1)36-25-27-38(28-26-36)55(50-24-12-21-46-45-20-11-19-41(53(45)58-54(46)50)37-15-5-2-6-16-37)40-29-31-44-47-33-39(30-32-51(47)57-52(44)34-40)56-48-22-9-7-17-42(48)43-18-8-10-23-49(43)56/h1-34H. The van der Waals surface area contributed by atoms with Crippen molar-refractivity contribution in [2.75, 3.05) is 4.90 Å². The van der Waals surface area contributed by atoms with E-state index in [4.69, 9.17) is 4.42 Å². The zero-order chi connectivity index (χ0) is 38.2. The number of benzene rings is 9. The molecule has 0 radical (unpaired) electrons. The minimum absolute atomic E-state index is 0.854. The van der Waals surface area contributed by atoms with Crippen LogP contribution in [0.25, 0.3) is 91.9 Å². The Balaban J connectivity index is 1.04. The maximum absolute atomic E-state index is 6.71. The van der Waals surface area contributed by atoms with E-state index in [2.05, 4.69) is 216 Å². The van der Waals surface area contributed by atoms with Gasteiger partial charge >= 0.3 is 0 Å². The van der Waals surface area contributed by atoms with Crippen LogP contribution >= 0.6 is 11.3 Å². The lowest BCUT2D eigenvalue weighted by atomic mass is 10.0.